The number of carboxylic acids is 1. The van der Waals surface area contributed by atoms with E-state index in [0.717, 1.165) is 18.9 Å². The lowest BCUT2D eigenvalue weighted by Gasteiger charge is -2.37. The van der Waals surface area contributed by atoms with E-state index in [1.54, 1.807) is 11.9 Å². The van der Waals surface area contributed by atoms with Gasteiger partial charge < -0.3 is 15.3 Å². The zero-order chi connectivity index (χ0) is 13.3. The number of carbonyl (C=O) groups excluding carboxylic acids is 1. The second-order valence-electron chi connectivity index (χ2n) is 5.95. The Kier molecular flexibility index (Phi) is 3.50. The van der Waals surface area contributed by atoms with Crippen LogP contribution >= 0.6 is 0 Å². The number of urea groups is 1. The van der Waals surface area contributed by atoms with Crippen LogP contribution in [0.2, 0.25) is 0 Å². The molecule has 2 amide bonds. The Morgan fingerprint density at radius 3 is 2.44 bits per heavy atom. The third kappa shape index (κ3) is 2.60. The van der Waals surface area contributed by atoms with Crippen molar-refractivity contribution >= 4 is 12.0 Å². The lowest BCUT2D eigenvalue weighted by Crippen LogP contribution is -2.50. The molecule has 0 aromatic carbocycles. The molecule has 0 aromatic rings. The quantitative estimate of drug-likeness (QED) is 0.782. The molecule has 0 aliphatic heterocycles. The van der Waals surface area contributed by atoms with Gasteiger partial charge in [-0.1, -0.05) is 13.3 Å². The number of nitrogens with zero attached hydrogens (tertiary/aromatic N) is 1. The van der Waals surface area contributed by atoms with Crippen LogP contribution in [0.4, 0.5) is 4.79 Å². The standard InChI is InChI=1S/C13H22N2O3/c1-9-6-10(9)7-15(2)12(18)14-8-13(11(16)17)4-3-5-13/h9-10H,3-8H2,1-2H3,(H,14,18)(H,16,17). The molecule has 0 radical (unpaired) electrons. The molecule has 102 valence electrons. The number of carboxylic acid groups (broad SMARTS) is 1. The molecule has 2 saturated carbocycles. The molecule has 0 heterocycles. The maximum absolute atomic E-state index is 11.8. The smallest absolute Gasteiger partial charge is 0.317 e. The Hall–Kier alpha value is -1.26. The van der Waals surface area contributed by atoms with Gasteiger partial charge in [0.05, 0.1) is 5.41 Å². The minimum absolute atomic E-state index is 0.151. The molecule has 2 atom stereocenters. The van der Waals surface area contributed by atoms with Crippen molar-refractivity contribution in [2.24, 2.45) is 17.3 Å². The molecule has 0 aromatic heterocycles. The summed E-state index contributed by atoms with van der Waals surface area (Å²) in [7, 11) is 1.77. The molecule has 0 saturated heterocycles. The second kappa shape index (κ2) is 4.78. The minimum atomic E-state index is -0.785. The summed E-state index contributed by atoms with van der Waals surface area (Å²) in [5.74, 6) is 0.558. The number of carbonyl (C=O) groups is 2. The van der Waals surface area contributed by atoms with E-state index in [4.69, 9.17) is 5.11 Å². The van der Waals surface area contributed by atoms with Gasteiger partial charge in [0, 0.05) is 20.1 Å². The van der Waals surface area contributed by atoms with E-state index >= 15 is 0 Å². The van der Waals surface area contributed by atoms with E-state index in [1.165, 1.54) is 6.42 Å². The Morgan fingerprint density at radius 2 is 2.06 bits per heavy atom. The van der Waals surface area contributed by atoms with Crippen LogP contribution < -0.4 is 5.32 Å². The summed E-state index contributed by atoms with van der Waals surface area (Å²) in [6.45, 7) is 3.21. The molecule has 0 spiro atoms. The summed E-state index contributed by atoms with van der Waals surface area (Å²) < 4.78 is 0. The fourth-order valence-corrected chi connectivity index (χ4v) is 2.54. The first-order valence-electron chi connectivity index (χ1n) is 6.67. The number of rotatable bonds is 5. The van der Waals surface area contributed by atoms with Crippen molar-refractivity contribution in [1.82, 2.24) is 10.2 Å². The van der Waals surface area contributed by atoms with Crippen molar-refractivity contribution in [1.29, 1.82) is 0 Å². The number of nitrogens with one attached hydrogen (secondary N) is 1. The van der Waals surface area contributed by atoms with Gasteiger partial charge in [-0.2, -0.15) is 0 Å². The SMILES string of the molecule is CC1CC1CN(C)C(=O)NCC1(C(=O)O)CCC1. The van der Waals surface area contributed by atoms with Gasteiger partial charge in [0.25, 0.3) is 0 Å². The highest BCUT2D eigenvalue weighted by atomic mass is 16.4. The summed E-state index contributed by atoms with van der Waals surface area (Å²) in [6.07, 6.45) is 3.48. The first-order chi connectivity index (χ1) is 8.44. The maximum atomic E-state index is 11.8. The summed E-state index contributed by atoms with van der Waals surface area (Å²) in [5, 5.41) is 11.9. The molecule has 0 bridgehead atoms. The number of hydrogen-bond donors (Lipinski definition) is 2. The van der Waals surface area contributed by atoms with Crippen molar-refractivity contribution < 1.29 is 14.7 Å². The van der Waals surface area contributed by atoms with Crippen LogP contribution in [0.1, 0.15) is 32.6 Å². The molecule has 5 nitrogen and oxygen atoms in total. The highest BCUT2D eigenvalue weighted by Gasteiger charge is 2.44. The van der Waals surface area contributed by atoms with Gasteiger partial charge in [0.15, 0.2) is 0 Å². The number of amides is 2. The zero-order valence-electron chi connectivity index (χ0n) is 11.1. The Labute approximate surface area is 108 Å². The van der Waals surface area contributed by atoms with Crippen LogP contribution in [0.25, 0.3) is 0 Å². The van der Waals surface area contributed by atoms with E-state index in [0.29, 0.717) is 18.8 Å². The molecule has 2 N–H and O–H groups in total. The van der Waals surface area contributed by atoms with Gasteiger partial charge in [-0.05, 0) is 31.1 Å². The van der Waals surface area contributed by atoms with E-state index < -0.39 is 11.4 Å². The van der Waals surface area contributed by atoms with Crippen molar-refractivity contribution in [2.75, 3.05) is 20.1 Å². The summed E-state index contributed by atoms with van der Waals surface area (Å²) >= 11 is 0. The van der Waals surface area contributed by atoms with E-state index in [1.807, 2.05) is 0 Å². The molecule has 2 rings (SSSR count). The van der Waals surface area contributed by atoms with Gasteiger partial charge in [0.2, 0.25) is 0 Å². The molecule has 2 unspecified atom stereocenters. The van der Waals surface area contributed by atoms with Gasteiger partial charge in [-0.15, -0.1) is 0 Å². The highest BCUT2D eigenvalue weighted by molar-refractivity contribution is 5.78. The van der Waals surface area contributed by atoms with Crippen molar-refractivity contribution in [2.45, 2.75) is 32.6 Å². The molecule has 5 heteroatoms. The van der Waals surface area contributed by atoms with Crippen LogP contribution in [-0.2, 0) is 4.79 Å². The van der Waals surface area contributed by atoms with Gasteiger partial charge >= 0.3 is 12.0 Å². The summed E-state index contributed by atoms with van der Waals surface area (Å²) in [4.78, 5) is 24.7. The average molecular weight is 254 g/mol. The van der Waals surface area contributed by atoms with Crippen molar-refractivity contribution in [3.8, 4) is 0 Å². The summed E-state index contributed by atoms with van der Waals surface area (Å²) in [6, 6.07) is -0.151. The Balaban J connectivity index is 1.75. The van der Waals surface area contributed by atoms with Crippen molar-refractivity contribution in [3.05, 3.63) is 0 Å². The normalized spacial score (nSPS) is 28.1. The zero-order valence-corrected chi connectivity index (χ0v) is 11.1. The van der Waals surface area contributed by atoms with Crippen LogP contribution in [0, 0.1) is 17.3 Å². The molecule has 2 aliphatic carbocycles. The lowest BCUT2D eigenvalue weighted by atomic mass is 9.69. The number of aliphatic carboxylic acids is 1. The fraction of sp³-hybridized carbons (Fsp3) is 0.846. The number of hydrogen-bond acceptors (Lipinski definition) is 2. The Bertz CT molecular complexity index is 352. The van der Waals surface area contributed by atoms with Crippen LogP contribution in [-0.4, -0.2) is 42.1 Å². The largest absolute Gasteiger partial charge is 0.481 e. The lowest BCUT2D eigenvalue weighted by molar-refractivity contribution is -0.153. The first kappa shape index (κ1) is 13.2. The van der Waals surface area contributed by atoms with Gasteiger partial charge in [-0.3, -0.25) is 4.79 Å². The predicted molar refractivity (Wildman–Crippen MR) is 67.2 cm³/mol. The van der Waals surface area contributed by atoms with Crippen LogP contribution in [0.5, 0.6) is 0 Å². The maximum Gasteiger partial charge on any atom is 0.317 e. The third-order valence-corrected chi connectivity index (χ3v) is 4.47. The van der Waals surface area contributed by atoms with E-state index in [9.17, 15) is 9.59 Å². The van der Waals surface area contributed by atoms with Gasteiger partial charge in [-0.25, -0.2) is 4.79 Å². The molecule has 2 aliphatic rings. The molecular weight excluding hydrogens is 232 g/mol. The van der Waals surface area contributed by atoms with Gasteiger partial charge in [0.1, 0.15) is 0 Å². The second-order valence-corrected chi connectivity index (χ2v) is 5.95. The molecular formula is C13H22N2O3. The van der Waals surface area contributed by atoms with E-state index in [2.05, 4.69) is 12.2 Å². The highest BCUT2D eigenvalue weighted by Crippen LogP contribution is 2.40. The van der Waals surface area contributed by atoms with Crippen molar-refractivity contribution in [3.63, 3.8) is 0 Å². The third-order valence-electron chi connectivity index (χ3n) is 4.47. The first-order valence-corrected chi connectivity index (χ1v) is 6.67. The predicted octanol–water partition coefficient (Wildman–Crippen LogP) is 1.54. The van der Waals surface area contributed by atoms with E-state index in [-0.39, 0.29) is 12.6 Å². The minimum Gasteiger partial charge on any atom is -0.481 e. The molecule has 18 heavy (non-hydrogen) atoms. The summed E-state index contributed by atoms with van der Waals surface area (Å²) in [5.41, 5.74) is -0.705. The fourth-order valence-electron chi connectivity index (χ4n) is 2.54. The molecule has 2 fully saturated rings. The Morgan fingerprint density at radius 1 is 1.44 bits per heavy atom. The van der Waals surface area contributed by atoms with Crippen LogP contribution in [0.3, 0.4) is 0 Å². The topological polar surface area (TPSA) is 69.6 Å². The average Bonchev–Trinajstić information content (AvgIpc) is 2.91. The van der Waals surface area contributed by atoms with Crippen LogP contribution in [0.15, 0.2) is 0 Å². The monoisotopic (exact) mass is 254 g/mol.